The van der Waals surface area contributed by atoms with Gasteiger partial charge < -0.3 is 29.7 Å². The van der Waals surface area contributed by atoms with E-state index in [0.717, 1.165) is 19.0 Å². The minimum atomic E-state index is -4.59. The predicted octanol–water partition coefficient (Wildman–Crippen LogP) is 6.02. The lowest BCUT2D eigenvalue weighted by Gasteiger charge is -2.43. The van der Waals surface area contributed by atoms with Crippen LogP contribution in [0.2, 0.25) is 0 Å². The fourth-order valence-corrected chi connectivity index (χ4v) is 6.14. The average Bonchev–Trinajstić information content (AvgIpc) is 3.27. The molecular formula is C31H42F3N3O4. The molecule has 2 N–H and O–H groups in total. The Kier molecular flexibility index (Phi) is 10.2. The Bertz CT molecular complexity index is 1150. The number of methoxy groups -OCH3 is 1. The first-order chi connectivity index (χ1) is 19.5. The van der Waals surface area contributed by atoms with Crippen LogP contribution in [0, 0.1) is 5.92 Å². The van der Waals surface area contributed by atoms with Gasteiger partial charge in [0.15, 0.2) is 0 Å². The average molecular weight is 578 g/mol. The number of urea groups is 1. The summed E-state index contributed by atoms with van der Waals surface area (Å²) in [6, 6.07) is 12.1. The summed E-state index contributed by atoms with van der Waals surface area (Å²) in [4.78, 5) is 17.3. The zero-order chi connectivity index (χ0) is 29.6. The van der Waals surface area contributed by atoms with Crippen LogP contribution < -0.4 is 10.1 Å². The summed E-state index contributed by atoms with van der Waals surface area (Å²) in [6.45, 7) is 4.37. The number of para-hydroxylation sites is 2. The molecule has 0 radical (unpaired) electrons. The molecule has 10 heteroatoms. The molecule has 0 spiro atoms. The Labute approximate surface area is 240 Å². The number of alkyl halides is 3. The second kappa shape index (κ2) is 13.4. The quantitative estimate of drug-likeness (QED) is 0.338. The molecule has 2 fully saturated rings. The second-order valence-corrected chi connectivity index (χ2v) is 11.4. The molecule has 2 aromatic rings. The number of aliphatic hydroxyl groups is 1. The zero-order valence-electron chi connectivity index (χ0n) is 24.1. The van der Waals surface area contributed by atoms with E-state index in [4.69, 9.17) is 9.47 Å². The molecule has 2 amide bonds. The molecule has 226 valence electrons. The number of rotatable bonds is 10. The number of benzene rings is 2. The maximum atomic E-state index is 13.7. The van der Waals surface area contributed by atoms with Gasteiger partial charge in [-0.15, -0.1) is 0 Å². The van der Waals surface area contributed by atoms with Gasteiger partial charge in [0.1, 0.15) is 11.5 Å². The third kappa shape index (κ3) is 7.53. The largest absolute Gasteiger partial charge is 0.456 e. The number of nitrogens with one attached hydrogen (secondary N) is 1. The third-order valence-electron chi connectivity index (χ3n) is 8.52. The highest BCUT2D eigenvalue weighted by Crippen LogP contribution is 2.46. The van der Waals surface area contributed by atoms with E-state index < -0.39 is 17.3 Å². The molecule has 4 rings (SSSR count). The Hall–Kier alpha value is -2.82. The first kappa shape index (κ1) is 31.1. The predicted molar refractivity (Wildman–Crippen MR) is 151 cm³/mol. The Morgan fingerprint density at radius 1 is 1.05 bits per heavy atom. The van der Waals surface area contributed by atoms with Crippen LogP contribution in [0.15, 0.2) is 48.5 Å². The van der Waals surface area contributed by atoms with E-state index in [1.165, 1.54) is 18.2 Å². The number of likely N-dealkylation sites (N-methyl/N-ethyl adjacent to an activating group) is 1. The smallest absolute Gasteiger partial charge is 0.419 e. The van der Waals surface area contributed by atoms with E-state index in [1.807, 2.05) is 7.05 Å². The monoisotopic (exact) mass is 577 g/mol. The van der Waals surface area contributed by atoms with Crippen molar-refractivity contribution in [3.63, 3.8) is 0 Å². The molecule has 41 heavy (non-hydrogen) atoms. The van der Waals surface area contributed by atoms with Crippen LogP contribution in [0.5, 0.6) is 11.5 Å². The van der Waals surface area contributed by atoms with E-state index in [1.54, 1.807) is 36.3 Å². The van der Waals surface area contributed by atoms with Gasteiger partial charge in [0, 0.05) is 56.9 Å². The van der Waals surface area contributed by atoms with Crippen LogP contribution in [-0.2, 0) is 16.5 Å². The fourth-order valence-electron chi connectivity index (χ4n) is 6.14. The third-order valence-corrected chi connectivity index (χ3v) is 8.52. The standard InChI is InChI=1S/C31H42F3N3O4/c1-22-19-24(21-36(22)2)35-29(38)37-17-10-11-23(20-37)30(39,16-8-9-18-40-3)25-12-4-6-14-27(25)41-28-15-7-5-13-26(28)31(32,33)34/h4-7,12-15,22-24,39H,8-11,16-21H2,1-3H3,(H,35,38)/t22?,23-,24+,30+/m1/s1. The van der Waals surface area contributed by atoms with Crippen LogP contribution in [-0.4, -0.2) is 73.4 Å². The molecule has 1 unspecified atom stereocenters. The Morgan fingerprint density at radius 3 is 2.34 bits per heavy atom. The maximum absolute atomic E-state index is 13.7. The number of halogens is 3. The minimum absolute atomic E-state index is 0.0682. The van der Waals surface area contributed by atoms with Crippen molar-refractivity contribution in [1.82, 2.24) is 15.1 Å². The number of unbranched alkanes of at least 4 members (excludes halogenated alkanes) is 1. The van der Waals surface area contributed by atoms with Crippen molar-refractivity contribution in [2.24, 2.45) is 5.92 Å². The maximum Gasteiger partial charge on any atom is 0.419 e. The van der Waals surface area contributed by atoms with E-state index in [0.29, 0.717) is 63.4 Å². The lowest BCUT2D eigenvalue weighted by atomic mass is 9.73. The SMILES string of the molecule is COCCCC[C@@](O)(c1ccccc1Oc1ccccc1C(F)(F)F)[C@@H]1CCCN(C(=O)N[C@H]2CC(C)N(C)C2)C1. The molecule has 4 atom stereocenters. The van der Waals surface area contributed by atoms with Gasteiger partial charge in [0.25, 0.3) is 0 Å². The molecule has 2 saturated heterocycles. The number of carbonyl (C=O) groups excluding carboxylic acids is 1. The van der Waals surface area contributed by atoms with Crippen molar-refractivity contribution in [3.8, 4) is 11.5 Å². The summed E-state index contributed by atoms with van der Waals surface area (Å²) in [5, 5.41) is 15.6. The first-order valence-electron chi connectivity index (χ1n) is 14.4. The number of ether oxygens (including phenoxy) is 2. The van der Waals surface area contributed by atoms with Crippen LogP contribution in [0.1, 0.15) is 56.6 Å². The number of amides is 2. The molecule has 0 aliphatic carbocycles. The molecule has 0 aromatic heterocycles. The van der Waals surface area contributed by atoms with Crippen molar-refractivity contribution in [2.75, 3.05) is 40.4 Å². The van der Waals surface area contributed by atoms with Crippen LogP contribution in [0.4, 0.5) is 18.0 Å². The molecule has 7 nitrogen and oxygen atoms in total. The number of likely N-dealkylation sites (tertiary alicyclic amines) is 2. The topological polar surface area (TPSA) is 74.3 Å². The molecule has 2 aromatic carbocycles. The second-order valence-electron chi connectivity index (χ2n) is 11.4. The van der Waals surface area contributed by atoms with Crippen molar-refractivity contribution >= 4 is 6.03 Å². The molecule has 2 aliphatic rings. The lowest BCUT2D eigenvalue weighted by molar-refractivity contribution is -0.138. The van der Waals surface area contributed by atoms with Gasteiger partial charge in [-0.05, 0) is 70.7 Å². The van der Waals surface area contributed by atoms with Gasteiger partial charge in [-0.1, -0.05) is 30.3 Å². The van der Waals surface area contributed by atoms with Crippen LogP contribution in [0.3, 0.4) is 0 Å². The van der Waals surface area contributed by atoms with Gasteiger partial charge in [-0.2, -0.15) is 13.2 Å². The van der Waals surface area contributed by atoms with Crippen LogP contribution in [0.25, 0.3) is 0 Å². The van der Waals surface area contributed by atoms with E-state index >= 15 is 0 Å². The molecule has 2 aliphatic heterocycles. The van der Waals surface area contributed by atoms with E-state index in [-0.39, 0.29) is 29.5 Å². The number of hydrogen-bond acceptors (Lipinski definition) is 5. The summed E-state index contributed by atoms with van der Waals surface area (Å²) < 4.78 is 52.3. The number of nitrogens with zero attached hydrogens (tertiary/aromatic N) is 2. The van der Waals surface area contributed by atoms with Gasteiger partial charge in [-0.25, -0.2) is 4.79 Å². The highest BCUT2D eigenvalue weighted by atomic mass is 19.4. The van der Waals surface area contributed by atoms with Gasteiger partial charge >= 0.3 is 12.2 Å². The molecule has 0 bridgehead atoms. The minimum Gasteiger partial charge on any atom is -0.456 e. The Balaban J connectivity index is 1.61. The first-order valence-corrected chi connectivity index (χ1v) is 14.4. The summed E-state index contributed by atoms with van der Waals surface area (Å²) in [5.74, 6) is -0.491. The number of carbonyl (C=O) groups is 1. The summed E-state index contributed by atoms with van der Waals surface area (Å²) >= 11 is 0. The van der Waals surface area contributed by atoms with E-state index in [2.05, 4.69) is 17.1 Å². The van der Waals surface area contributed by atoms with E-state index in [9.17, 15) is 23.1 Å². The number of hydrogen-bond donors (Lipinski definition) is 2. The summed E-state index contributed by atoms with van der Waals surface area (Å²) in [6.07, 6.45) is -0.642. The number of piperidine rings is 1. The lowest BCUT2D eigenvalue weighted by Crippen LogP contribution is -2.52. The van der Waals surface area contributed by atoms with Gasteiger partial charge in [0.2, 0.25) is 0 Å². The van der Waals surface area contributed by atoms with Crippen molar-refractivity contribution < 1.29 is 32.5 Å². The van der Waals surface area contributed by atoms with Crippen LogP contribution >= 0.6 is 0 Å². The van der Waals surface area contributed by atoms with Gasteiger partial charge in [-0.3, -0.25) is 0 Å². The highest BCUT2D eigenvalue weighted by Gasteiger charge is 2.43. The molecule has 0 saturated carbocycles. The summed E-state index contributed by atoms with van der Waals surface area (Å²) in [7, 11) is 3.66. The molecular weight excluding hydrogens is 535 g/mol. The highest BCUT2D eigenvalue weighted by molar-refractivity contribution is 5.74. The van der Waals surface area contributed by atoms with Crippen molar-refractivity contribution in [1.29, 1.82) is 0 Å². The fraction of sp³-hybridized carbons (Fsp3) is 0.581. The molecule has 2 heterocycles. The van der Waals surface area contributed by atoms with Crippen molar-refractivity contribution in [2.45, 2.75) is 69.3 Å². The van der Waals surface area contributed by atoms with Gasteiger partial charge in [0.05, 0.1) is 11.2 Å². The zero-order valence-corrected chi connectivity index (χ0v) is 24.1. The summed E-state index contributed by atoms with van der Waals surface area (Å²) in [5.41, 5.74) is -1.89. The Morgan fingerprint density at radius 2 is 1.71 bits per heavy atom. The van der Waals surface area contributed by atoms with Crippen molar-refractivity contribution in [3.05, 3.63) is 59.7 Å². The normalized spacial score (nSPS) is 23.3.